The summed E-state index contributed by atoms with van der Waals surface area (Å²) in [6.07, 6.45) is 7.23. The molecule has 0 N–H and O–H groups in total. The third-order valence-electron chi connectivity index (χ3n) is 2.35. The van der Waals surface area contributed by atoms with Crippen LogP contribution >= 0.6 is 11.6 Å². The Morgan fingerprint density at radius 3 is 3.08 bits per heavy atom. The van der Waals surface area contributed by atoms with E-state index in [4.69, 9.17) is 11.6 Å². The van der Waals surface area contributed by atoms with Gasteiger partial charge in [0.25, 0.3) is 0 Å². The summed E-state index contributed by atoms with van der Waals surface area (Å²) in [5.74, 6) is 0. The lowest BCUT2D eigenvalue weighted by molar-refractivity contribution is 0.692. The summed E-state index contributed by atoms with van der Waals surface area (Å²) in [6, 6.07) is 0. The Kier molecular flexibility index (Phi) is 2.36. The Labute approximate surface area is 82.4 Å². The summed E-state index contributed by atoms with van der Waals surface area (Å²) in [5.41, 5.74) is 2.36. The summed E-state index contributed by atoms with van der Waals surface area (Å²) in [7, 11) is 1.90. The fourth-order valence-corrected chi connectivity index (χ4v) is 1.97. The monoisotopic (exact) mass is 197 g/mol. The van der Waals surface area contributed by atoms with E-state index in [0.717, 1.165) is 25.0 Å². The van der Waals surface area contributed by atoms with Gasteiger partial charge in [-0.25, -0.2) is 4.68 Å². The normalized spacial score (nSPS) is 22.9. The summed E-state index contributed by atoms with van der Waals surface area (Å²) in [6.45, 7) is 0. The van der Waals surface area contributed by atoms with Gasteiger partial charge in [0.15, 0.2) is 0 Å². The molecule has 0 radical (unpaired) electrons. The second-order valence-electron chi connectivity index (χ2n) is 3.34. The Bertz CT molecular complexity index is 329. The van der Waals surface area contributed by atoms with Crippen molar-refractivity contribution in [3.8, 4) is 0 Å². The smallest absolute Gasteiger partial charge is 0.0839 e. The molecule has 0 fully saturated rings. The van der Waals surface area contributed by atoms with E-state index in [9.17, 15) is 0 Å². The largest absolute Gasteiger partial charge is 0.248 e. The minimum atomic E-state index is 0.179. The molecule has 13 heavy (non-hydrogen) atoms. The zero-order chi connectivity index (χ0) is 9.26. The van der Waals surface area contributed by atoms with Crippen molar-refractivity contribution < 1.29 is 0 Å². The molecule has 1 atom stereocenters. The first kappa shape index (κ1) is 8.75. The second kappa shape index (κ2) is 3.50. The van der Waals surface area contributed by atoms with Crippen molar-refractivity contribution in [1.82, 2.24) is 15.0 Å². The van der Waals surface area contributed by atoms with Crippen LogP contribution in [0.2, 0.25) is 0 Å². The first-order chi connectivity index (χ1) is 6.27. The molecule has 1 aromatic heterocycles. The van der Waals surface area contributed by atoms with Gasteiger partial charge in [-0.2, -0.15) is 0 Å². The van der Waals surface area contributed by atoms with Crippen molar-refractivity contribution in [2.45, 2.75) is 24.6 Å². The van der Waals surface area contributed by atoms with Crippen molar-refractivity contribution in [3.05, 3.63) is 18.0 Å². The van der Waals surface area contributed by atoms with E-state index >= 15 is 0 Å². The predicted molar refractivity (Wildman–Crippen MR) is 52.5 cm³/mol. The predicted octanol–water partition coefficient (Wildman–Crippen LogP) is 1.99. The van der Waals surface area contributed by atoms with Crippen LogP contribution in [0.25, 0.3) is 5.57 Å². The van der Waals surface area contributed by atoms with Crippen molar-refractivity contribution in [1.29, 1.82) is 0 Å². The van der Waals surface area contributed by atoms with Gasteiger partial charge in [-0.15, -0.1) is 16.7 Å². The van der Waals surface area contributed by atoms with Crippen LogP contribution in [-0.2, 0) is 7.05 Å². The van der Waals surface area contributed by atoms with Crippen LogP contribution < -0.4 is 0 Å². The van der Waals surface area contributed by atoms with Gasteiger partial charge in [0.05, 0.1) is 17.3 Å². The van der Waals surface area contributed by atoms with E-state index in [-0.39, 0.29) is 5.38 Å². The standard InChI is InChI=1S/C9H12ClN3/c1-13-9(6-11-12-13)7-3-2-4-8(10)5-7/h5-6,8H,2-4H2,1H3. The topological polar surface area (TPSA) is 30.7 Å². The van der Waals surface area contributed by atoms with Gasteiger partial charge in [0, 0.05) is 7.05 Å². The number of hydrogen-bond donors (Lipinski definition) is 0. The van der Waals surface area contributed by atoms with Crippen molar-refractivity contribution in [3.63, 3.8) is 0 Å². The maximum Gasteiger partial charge on any atom is 0.0839 e. The molecule has 1 heterocycles. The summed E-state index contributed by atoms with van der Waals surface area (Å²) >= 11 is 6.05. The molecule has 0 bridgehead atoms. The van der Waals surface area contributed by atoms with E-state index in [0.29, 0.717) is 0 Å². The summed E-state index contributed by atoms with van der Waals surface area (Å²) in [4.78, 5) is 0. The highest BCUT2D eigenvalue weighted by Crippen LogP contribution is 2.28. The Morgan fingerprint density at radius 1 is 1.62 bits per heavy atom. The van der Waals surface area contributed by atoms with E-state index in [1.54, 1.807) is 10.9 Å². The second-order valence-corrected chi connectivity index (χ2v) is 3.90. The fourth-order valence-electron chi connectivity index (χ4n) is 1.67. The highest BCUT2D eigenvalue weighted by molar-refractivity contribution is 6.22. The third kappa shape index (κ3) is 1.75. The molecule has 0 saturated heterocycles. The molecule has 1 aliphatic carbocycles. The number of allylic oxidation sites excluding steroid dienone is 2. The fraction of sp³-hybridized carbons (Fsp3) is 0.556. The van der Waals surface area contributed by atoms with Crippen molar-refractivity contribution in [2.75, 3.05) is 0 Å². The number of aryl methyl sites for hydroxylation is 1. The SMILES string of the molecule is Cn1nncc1C1=CC(Cl)CCC1. The molecule has 1 aliphatic rings. The number of alkyl halides is 1. The molecule has 0 amide bonds. The zero-order valence-electron chi connectivity index (χ0n) is 7.57. The quantitative estimate of drug-likeness (QED) is 0.645. The highest BCUT2D eigenvalue weighted by atomic mass is 35.5. The minimum Gasteiger partial charge on any atom is -0.248 e. The van der Waals surface area contributed by atoms with Crippen LogP contribution in [-0.4, -0.2) is 20.4 Å². The maximum atomic E-state index is 6.05. The average Bonchev–Trinajstić information content (AvgIpc) is 2.51. The van der Waals surface area contributed by atoms with Gasteiger partial charge in [0.1, 0.15) is 0 Å². The number of halogens is 1. The molecule has 1 unspecified atom stereocenters. The van der Waals surface area contributed by atoms with E-state index in [1.807, 2.05) is 7.05 Å². The summed E-state index contributed by atoms with van der Waals surface area (Å²) < 4.78 is 1.79. The molecule has 0 aliphatic heterocycles. The van der Waals surface area contributed by atoms with Crippen molar-refractivity contribution in [2.24, 2.45) is 7.05 Å². The molecule has 3 nitrogen and oxygen atoms in total. The molecule has 0 saturated carbocycles. The number of nitrogens with zero attached hydrogens (tertiary/aromatic N) is 3. The van der Waals surface area contributed by atoms with Crippen LogP contribution in [0, 0.1) is 0 Å². The van der Waals surface area contributed by atoms with Gasteiger partial charge in [0.2, 0.25) is 0 Å². The van der Waals surface area contributed by atoms with Crippen molar-refractivity contribution >= 4 is 17.2 Å². The number of hydrogen-bond acceptors (Lipinski definition) is 2. The van der Waals surface area contributed by atoms with E-state index in [1.165, 1.54) is 5.57 Å². The lowest BCUT2D eigenvalue weighted by atomic mass is 9.97. The van der Waals surface area contributed by atoms with Crippen LogP contribution in [0.4, 0.5) is 0 Å². The van der Waals surface area contributed by atoms with Gasteiger partial charge < -0.3 is 0 Å². The number of aromatic nitrogens is 3. The molecule has 4 heteroatoms. The molecule has 1 aromatic rings. The first-order valence-electron chi connectivity index (χ1n) is 4.47. The molecule has 0 spiro atoms. The third-order valence-corrected chi connectivity index (χ3v) is 2.70. The Morgan fingerprint density at radius 2 is 2.46 bits per heavy atom. The highest BCUT2D eigenvalue weighted by Gasteiger charge is 2.14. The summed E-state index contributed by atoms with van der Waals surface area (Å²) in [5, 5.41) is 7.93. The lowest BCUT2D eigenvalue weighted by Gasteiger charge is -2.15. The molecular formula is C9H12ClN3. The molecule has 0 aromatic carbocycles. The van der Waals surface area contributed by atoms with Gasteiger partial charge in [-0.05, 0) is 24.8 Å². The first-order valence-corrected chi connectivity index (χ1v) is 4.91. The maximum absolute atomic E-state index is 6.05. The van der Waals surface area contributed by atoms with Crippen LogP contribution in [0.1, 0.15) is 25.0 Å². The Balaban J connectivity index is 2.30. The molecule has 2 rings (SSSR count). The Hall–Kier alpha value is -0.830. The number of rotatable bonds is 1. The van der Waals surface area contributed by atoms with Gasteiger partial charge >= 0.3 is 0 Å². The van der Waals surface area contributed by atoms with Gasteiger partial charge in [-0.1, -0.05) is 11.3 Å². The van der Waals surface area contributed by atoms with Crippen LogP contribution in [0.3, 0.4) is 0 Å². The lowest BCUT2D eigenvalue weighted by Crippen LogP contribution is -2.05. The van der Waals surface area contributed by atoms with Crippen LogP contribution in [0.15, 0.2) is 12.3 Å². The zero-order valence-corrected chi connectivity index (χ0v) is 8.33. The van der Waals surface area contributed by atoms with E-state index in [2.05, 4.69) is 16.4 Å². The van der Waals surface area contributed by atoms with Crippen LogP contribution in [0.5, 0.6) is 0 Å². The van der Waals surface area contributed by atoms with E-state index < -0.39 is 0 Å². The average molecular weight is 198 g/mol. The molecular weight excluding hydrogens is 186 g/mol. The molecule has 70 valence electrons. The minimum absolute atomic E-state index is 0.179. The van der Waals surface area contributed by atoms with Gasteiger partial charge in [-0.3, -0.25) is 0 Å².